The molecular weight excluding hydrogens is 491 g/mol. The van der Waals surface area contributed by atoms with Crippen molar-refractivity contribution >= 4 is 57.0 Å². The van der Waals surface area contributed by atoms with E-state index in [1.165, 1.54) is 10.5 Å². The van der Waals surface area contributed by atoms with Crippen LogP contribution in [0.25, 0.3) is 20.6 Å². The molecule has 0 saturated carbocycles. The first-order valence-corrected chi connectivity index (χ1v) is 11.2. The number of piperazine rings is 1. The van der Waals surface area contributed by atoms with Crippen molar-refractivity contribution in [3.05, 3.63) is 43.1 Å². The van der Waals surface area contributed by atoms with E-state index in [1.54, 1.807) is 6.07 Å². The van der Waals surface area contributed by atoms with Crippen molar-refractivity contribution in [2.24, 2.45) is 0 Å². The van der Waals surface area contributed by atoms with E-state index in [9.17, 15) is 9.59 Å². The molecule has 0 spiro atoms. The zero-order valence-corrected chi connectivity index (χ0v) is 18.4. The van der Waals surface area contributed by atoms with Gasteiger partial charge in [-0.1, -0.05) is 0 Å². The third-order valence-electron chi connectivity index (χ3n) is 4.89. The summed E-state index contributed by atoms with van der Waals surface area (Å²) in [6, 6.07) is 4.86. The first kappa shape index (κ1) is 14.5. The van der Waals surface area contributed by atoms with Gasteiger partial charge in [-0.05, 0) is 0 Å². The van der Waals surface area contributed by atoms with E-state index in [2.05, 4.69) is 37.5 Å². The first-order chi connectivity index (χ1) is 15.4. The molecule has 1 fully saturated rings. The van der Waals surface area contributed by atoms with Gasteiger partial charge in [0.2, 0.25) is 0 Å². The molecule has 1 aromatic carbocycles. The van der Waals surface area contributed by atoms with Crippen LogP contribution in [0.3, 0.4) is 0 Å². The summed E-state index contributed by atoms with van der Waals surface area (Å²) in [5.41, 5.74) is -1.18. The van der Waals surface area contributed by atoms with Crippen molar-refractivity contribution in [1.82, 2.24) is 9.80 Å². The van der Waals surface area contributed by atoms with Gasteiger partial charge in [0.05, 0.1) is 0 Å². The van der Waals surface area contributed by atoms with E-state index in [0.717, 1.165) is 46.8 Å². The summed E-state index contributed by atoms with van der Waals surface area (Å²) in [5, 5.41) is 1.43. The Morgan fingerprint density at radius 1 is 1.39 bits per heavy atom. The van der Waals surface area contributed by atoms with Crippen LogP contribution < -0.4 is 5.63 Å². The number of rotatable bonds is 4. The summed E-state index contributed by atoms with van der Waals surface area (Å²) in [5.74, 6) is -1.38. The van der Waals surface area contributed by atoms with Gasteiger partial charge in [0.25, 0.3) is 0 Å². The maximum atomic E-state index is 12.6. The summed E-state index contributed by atoms with van der Waals surface area (Å²) in [4.78, 5) is 29.6. The van der Waals surface area contributed by atoms with Crippen LogP contribution in [0.4, 0.5) is 0 Å². The summed E-state index contributed by atoms with van der Waals surface area (Å²) < 4.78 is 49.5. The standard InChI is InChI=1S/C20H21BrN2O4Se/c1-3-26-19(24)14-10-12-4-5-13-16(21)15(11-23-8-6-22(2)7-9-23)28-18(13)17(12)27-20(14)25/h4-5,10H,3,6-9,11H2,1-2H3/i1D3,3D2. The van der Waals surface area contributed by atoms with E-state index < -0.39 is 30.6 Å². The van der Waals surface area contributed by atoms with Crippen molar-refractivity contribution < 1.29 is 20.8 Å². The van der Waals surface area contributed by atoms with E-state index in [0.29, 0.717) is 11.0 Å². The number of likely N-dealkylation sites (N-methyl/N-ethyl adjacent to an activating group) is 1. The van der Waals surface area contributed by atoms with Gasteiger partial charge in [-0.25, -0.2) is 0 Å². The van der Waals surface area contributed by atoms with Gasteiger partial charge in [-0.3, -0.25) is 0 Å². The van der Waals surface area contributed by atoms with Crippen LogP contribution >= 0.6 is 15.9 Å². The predicted molar refractivity (Wildman–Crippen MR) is 113 cm³/mol. The SMILES string of the molecule is [2H]C([2H])([2H])C([2H])([2H])OC(=O)c1cc2ccc3c(Br)c(CN4CCN(C)CC4)[se]c3c2oc1=O. The number of nitrogens with zero attached hydrogens (tertiary/aromatic N) is 2. The van der Waals surface area contributed by atoms with E-state index in [1.807, 2.05) is 6.07 Å². The van der Waals surface area contributed by atoms with Gasteiger partial charge >= 0.3 is 184 Å². The molecule has 0 atom stereocenters. The minimum absolute atomic E-state index is 0.0895. The first-order valence-electron chi connectivity index (χ1n) is 11.2. The molecule has 1 saturated heterocycles. The minimum atomic E-state index is -3.24. The Labute approximate surface area is 183 Å². The summed E-state index contributed by atoms with van der Waals surface area (Å²) in [6.45, 7) is -1.61. The van der Waals surface area contributed by atoms with Gasteiger partial charge in [-0.15, -0.1) is 0 Å². The molecule has 1 aliphatic rings. The fourth-order valence-corrected chi connectivity index (χ4v) is 7.05. The van der Waals surface area contributed by atoms with Crippen molar-refractivity contribution in [3.8, 4) is 0 Å². The molecule has 0 unspecified atom stereocenters. The number of carbonyl (C=O) groups is 1. The number of esters is 1. The van der Waals surface area contributed by atoms with Gasteiger partial charge in [0.1, 0.15) is 0 Å². The number of fused-ring (bicyclic) bond motifs is 3. The molecule has 0 aliphatic carbocycles. The number of benzene rings is 1. The molecule has 0 amide bonds. The van der Waals surface area contributed by atoms with Crippen LogP contribution in [0.1, 0.15) is 28.5 Å². The third-order valence-corrected chi connectivity index (χ3v) is 8.88. The fraction of sp³-hybridized carbons (Fsp3) is 0.400. The zero-order valence-electron chi connectivity index (χ0n) is 20.1. The fourth-order valence-electron chi connectivity index (χ4n) is 3.31. The van der Waals surface area contributed by atoms with Gasteiger partial charge < -0.3 is 0 Å². The molecule has 3 heterocycles. The normalized spacial score (nSPS) is 19.7. The third kappa shape index (κ3) is 3.72. The topological polar surface area (TPSA) is 63.0 Å². The predicted octanol–water partition coefficient (Wildman–Crippen LogP) is 2.69. The number of halogens is 1. The van der Waals surface area contributed by atoms with Crippen LogP contribution in [-0.2, 0) is 11.3 Å². The number of hydrogen-bond donors (Lipinski definition) is 0. The molecule has 28 heavy (non-hydrogen) atoms. The van der Waals surface area contributed by atoms with Crippen molar-refractivity contribution in [2.45, 2.75) is 13.4 Å². The Balaban J connectivity index is 1.69. The van der Waals surface area contributed by atoms with Crippen LogP contribution in [0.15, 0.2) is 31.9 Å². The average Bonchev–Trinajstić information content (AvgIpc) is 3.04. The average molecular weight is 517 g/mol. The molecule has 3 aromatic rings. The molecule has 148 valence electrons. The summed E-state index contributed by atoms with van der Waals surface area (Å²) in [7, 11) is 2.11. The Morgan fingerprint density at radius 2 is 2.18 bits per heavy atom. The quantitative estimate of drug-likeness (QED) is 0.302. The van der Waals surface area contributed by atoms with Gasteiger partial charge in [0, 0.05) is 0 Å². The van der Waals surface area contributed by atoms with Crippen LogP contribution in [0.5, 0.6) is 0 Å². The molecule has 2 aromatic heterocycles. The van der Waals surface area contributed by atoms with Crippen molar-refractivity contribution in [3.63, 3.8) is 0 Å². The Kier molecular flexibility index (Phi) is 4.22. The second kappa shape index (κ2) is 8.13. The molecule has 4 rings (SSSR count). The molecule has 0 bridgehead atoms. The Morgan fingerprint density at radius 3 is 2.93 bits per heavy atom. The summed E-state index contributed by atoms with van der Waals surface area (Å²) in [6.07, 6.45) is 0. The molecule has 0 N–H and O–H groups in total. The second-order valence-corrected chi connectivity index (χ2v) is 9.83. The van der Waals surface area contributed by atoms with Crippen LogP contribution in [0, 0.1) is 0 Å². The monoisotopic (exact) mass is 517 g/mol. The van der Waals surface area contributed by atoms with E-state index in [-0.39, 0.29) is 14.5 Å². The summed E-state index contributed by atoms with van der Waals surface area (Å²) >= 11 is 3.62. The maximum absolute atomic E-state index is 12.6. The van der Waals surface area contributed by atoms with Crippen molar-refractivity contribution in [1.29, 1.82) is 0 Å². The number of ether oxygens (including phenoxy) is 1. The molecule has 1 aliphatic heterocycles. The van der Waals surface area contributed by atoms with Gasteiger partial charge in [-0.2, -0.15) is 0 Å². The molecule has 0 radical (unpaired) electrons. The van der Waals surface area contributed by atoms with E-state index >= 15 is 0 Å². The zero-order chi connectivity index (χ0) is 24.1. The number of hydrogen-bond acceptors (Lipinski definition) is 6. The van der Waals surface area contributed by atoms with Gasteiger partial charge in [0.15, 0.2) is 0 Å². The Hall–Kier alpha value is -1.44. The van der Waals surface area contributed by atoms with E-state index in [4.69, 9.17) is 11.3 Å². The molecule has 6 nitrogen and oxygen atoms in total. The van der Waals surface area contributed by atoms with Crippen molar-refractivity contribution in [2.75, 3.05) is 39.8 Å². The van der Waals surface area contributed by atoms with Crippen LogP contribution in [-0.4, -0.2) is 70.1 Å². The molecule has 8 heteroatoms. The van der Waals surface area contributed by atoms with Crippen LogP contribution in [0.2, 0.25) is 0 Å². The second-order valence-electron chi connectivity index (χ2n) is 6.72. The molecular formula is C20H21BrN2O4Se. The Bertz CT molecular complexity index is 1280. The number of carbonyl (C=O) groups excluding carboxylic acids is 1.